The van der Waals surface area contributed by atoms with E-state index in [9.17, 15) is 14.4 Å². The number of rotatable bonds is 40. The summed E-state index contributed by atoms with van der Waals surface area (Å²) in [6.45, 7) is 6.34. The minimum atomic E-state index is -0.810. The van der Waals surface area contributed by atoms with E-state index in [4.69, 9.17) is 14.2 Å². The minimum Gasteiger partial charge on any atom is -0.462 e. The molecule has 0 bridgehead atoms. The summed E-state index contributed by atoms with van der Waals surface area (Å²) in [7, 11) is 0. The van der Waals surface area contributed by atoms with Crippen molar-refractivity contribution in [2.24, 2.45) is 0 Å². The molecule has 1 atom stereocenters. The summed E-state index contributed by atoms with van der Waals surface area (Å²) in [6, 6.07) is 0. The van der Waals surface area contributed by atoms with E-state index in [1.54, 1.807) is 0 Å². The van der Waals surface area contributed by atoms with Crippen LogP contribution in [0.25, 0.3) is 0 Å². The average molecular weight is 805 g/mol. The van der Waals surface area contributed by atoms with Gasteiger partial charge in [0.25, 0.3) is 0 Å². The van der Waals surface area contributed by atoms with Crippen molar-refractivity contribution in [2.75, 3.05) is 13.2 Å². The first-order chi connectivity index (χ1) is 28.5. The Morgan fingerprint density at radius 1 is 0.379 bits per heavy atom. The Bertz CT molecular complexity index is 1200. The van der Waals surface area contributed by atoms with Crippen LogP contribution in [0.5, 0.6) is 0 Å². The molecule has 6 heteroatoms. The molecule has 0 spiro atoms. The smallest absolute Gasteiger partial charge is 0.306 e. The fourth-order valence-corrected chi connectivity index (χ4v) is 5.86. The van der Waals surface area contributed by atoms with Crippen LogP contribution in [0, 0.1) is 0 Å². The predicted molar refractivity (Wildman–Crippen MR) is 247 cm³/mol. The Morgan fingerprint density at radius 2 is 0.759 bits per heavy atom. The molecule has 328 valence electrons. The van der Waals surface area contributed by atoms with Crippen molar-refractivity contribution in [1.82, 2.24) is 0 Å². The van der Waals surface area contributed by atoms with Crippen LogP contribution >= 0.6 is 0 Å². The predicted octanol–water partition coefficient (Wildman–Crippen LogP) is 15.0. The summed E-state index contributed by atoms with van der Waals surface area (Å²) in [4.78, 5) is 37.7. The summed E-state index contributed by atoms with van der Waals surface area (Å²) >= 11 is 0. The number of unbranched alkanes of at least 4 members (excludes halogenated alkanes) is 16. The Morgan fingerprint density at radius 3 is 1.31 bits per heavy atom. The fraction of sp³-hybridized carbons (Fsp3) is 0.635. The van der Waals surface area contributed by atoms with Gasteiger partial charge < -0.3 is 14.2 Å². The molecule has 0 fully saturated rings. The second-order valence-corrected chi connectivity index (χ2v) is 15.0. The van der Waals surface area contributed by atoms with Crippen molar-refractivity contribution in [3.8, 4) is 0 Å². The number of hydrogen-bond donors (Lipinski definition) is 0. The van der Waals surface area contributed by atoms with Gasteiger partial charge in [-0.05, 0) is 96.3 Å². The largest absolute Gasteiger partial charge is 0.462 e. The molecule has 58 heavy (non-hydrogen) atoms. The Balaban J connectivity index is 4.48. The van der Waals surface area contributed by atoms with Crippen molar-refractivity contribution in [1.29, 1.82) is 0 Å². The Labute approximate surface area is 356 Å². The van der Waals surface area contributed by atoms with E-state index in [0.29, 0.717) is 19.3 Å². The number of ether oxygens (including phenoxy) is 3. The first kappa shape index (κ1) is 54.3. The molecule has 0 aromatic carbocycles. The lowest BCUT2D eigenvalue weighted by atomic mass is 10.1. The van der Waals surface area contributed by atoms with Crippen LogP contribution in [-0.2, 0) is 28.6 Å². The second kappa shape index (κ2) is 46.0. The molecule has 0 aromatic rings. The maximum Gasteiger partial charge on any atom is 0.306 e. The third kappa shape index (κ3) is 43.5. The molecule has 0 aromatic heterocycles. The highest BCUT2D eigenvalue weighted by Crippen LogP contribution is 2.12. The lowest BCUT2D eigenvalue weighted by Crippen LogP contribution is -2.30. The summed E-state index contributed by atoms with van der Waals surface area (Å²) in [5, 5.41) is 0. The highest BCUT2D eigenvalue weighted by Gasteiger charge is 2.19. The zero-order valence-corrected chi connectivity index (χ0v) is 37.3. The van der Waals surface area contributed by atoms with Gasteiger partial charge in [-0.2, -0.15) is 0 Å². The van der Waals surface area contributed by atoms with Crippen LogP contribution in [-0.4, -0.2) is 37.2 Å². The quantitative estimate of drug-likeness (QED) is 0.0202. The van der Waals surface area contributed by atoms with Gasteiger partial charge in [-0.15, -0.1) is 0 Å². The van der Waals surface area contributed by atoms with Crippen molar-refractivity contribution in [3.63, 3.8) is 0 Å². The normalized spacial score (nSPS) is 12.9. The van der Waals surface area contributed by atoms with Gasteiger partial charge in [0.1, 0.15) is 13.2 Å². The van der Waals surface area contributed by atoms with Gasteiger partial charge in [-0.1, -0.05) is 176 Å². The molecule has 1 unspecified atom stereocenters. The topological polar surface area (TPSA) is 78.9 Å². The van der Waals surface area contributed by atoms with Crippen molar-refractivity contribution in [3.05, 3.63) is 97.2 Å². The minimum absolute atomic E-state index is 0.109. The van der Waals surface area contributed by atoms with Gasteiger partial charge in [0.2, 0.25) is 0 Å². The second-order valence-electron chi connectivity index (χ2n) is 15.0. The molecule has 0 rings (SSSR count). The van der Waals surface area contributed by atoms with Crippen molar-refractivity contribution >= 4 is 17.9 Å². The molecule has 0 amide bonds. The van der Waals surface area contributed by atoms with Gasteiger partial charge in [0.05, 0.1) is 0 Å². The van der Waals surface area contributed by atoms with Crippen LogP contribution in [0.3, 0.4) is 0 Å². The average Bonchev–Trinajstić information content (AvgIpc) is 3.22. The van der Waals surface area contributed by atoms with Gasteiger partial charge in [-0.25, -0.2) is 0 Å². The number of carbonyl (C=O) groups excluding carboxylic acids is 3. The van der Waals surface area contributed by atoms with Crippen LogP contribution in [0.1, 0.15) is 194 Å². The summed E-state index contributed by atoms with van der Waals surface area (Å²) in [5.41, 5.74) is 0. The van der Waals surface area contributed by atoms with Crippen LogP contribution in [0.2, 0.25) is 0 Å². The van der Waals surface area contributed by atoms with Gasteiger partial charge >= 0.3 is 17.9 Å². The van der Waals surface area contributed by atoms with E-state index >= 15 is 0 Å². The molecular weight excluding hydrogens is 721 g/mol. The summed E-state index contributed by atoms with van der Waals surface area (Å²) in [6.07, 6.45) is 59.6. The summed E-state index contributed by atoms with van der Waals surface area (Å²) in [5.74, 6) is -0.995. The SMILES string of the molecule is CC/C=C\C/C=C\C/C=C\CCCCC(=O)OC(COC(=O)CCCCCC/C=C\CCCC)COC(=O)CCCCCCC\C=C/C=C\C=C/C=C\CCCCC. The number of hydrogen-bond acceptors (Lipinski definition) is 6. The number of carbonyl (C=O) groups is 3. The van der Waals surface area contributed by atoms with Crippen LogP contribution in [0.15, 0.2) is 97.2 Å². The maximum atomic E-state index is 12.7. The Hall–Kier alpha value is -3.67. The van der Waals surface area contributed by atoms with E-state index < -0.39 is 6.10 Å². The molecule has 0 N–H and O–H groups in total. The van der Waals surface area contributed by atoms with E-state index in [1.165, 1.54) is 32.1 Å². The lowest BCUT2D eigenvalue weighted by molar-refractivity contribution is -0.167. The van der Waals surface area contributed by atoms with Crippen molar-refractivity contribution in [2.45, 2.75) is 200 Å². The third-order valence-corrected chi connectivity index (χ3v) is 9.39. The highest BCUT2D eigenvalue weighted by molar-refractivity contribution is 5.71. The highest BCUT2D eigenvalue weighted by atomic mass is 16.6. The van der Waals surface area contributed by atoms with Crippen LogP contribution in [0.4, 0.5) is 0 Å². The van der Waals surface area contributed by atoms with Gasteiger partial charge in [0.15, 0.2) is 6.10 Å². The van der Waals surface area contributed by atoms with E-state index in [0.717, 1.165) is 116 Å². The maximum absolute atomic E-state index is 12.7. The molecule has 6 nitrogen and oxygen atoms in total. The van der Waals surface area contributed by atoms with E-state index in [-0.39, 0.29) is 37.5 Å². The molecule has 0 radical (unpaired) electrons. The molecule has 0 saturated carbocycles. The third-order valence-electron chi connectivity index (χ3n) is 9.39. The van der Waals surface area contributed by atoms with Gasteiger partial charge in [-0.3, -0.25) is 14.4 Å². The molecule has 0 aliphatic rings. The summed E-state index contributed by atoms with van der Waals surface area (Å²) < 4.78 is 16.6. The standard InChI is InChI=1S/C52H84O6/c1-4-7-10-13-16-19-22-24-25-26-27-28-29-31-33-36-39-42-45-51(54)57-48-49(47-56-50(53)44-41-38-35-32-21-18-15-12-9-6-3)58-52(55)46-43-40-37-34-30-23-20-17-14-11-8-5-2/h8,11,15-20,22,24-28,30,34,49H,4-7,9-10,12-14,21,23,29,31-33,35-48H2,1-3H3/b11-8-,18-15-,19-16-,20-17-,24-22-,26-25-,28-27-,34-30-. The van der Waals surface area contributed by atoms with E-state index in [1.807, 2.05) is 0 Å². The lowest BCUT2D eigenvalue weighted by Gasteiger charge is -2.18. The molecule has 0 aliphatic heterocycles. The zero-order valence-electron chi connectivity index (χ0n) is 37.3. The monoisotopic (exact) mass is 805 g/mol. The molecule has 0 saturated heterocycles. The van der Waals surface area contributed by atoms with E-state index in [2.05, 4.69) is 118 Å². The molecule has 0 aliphatic carbocycles. The van der Waals surface area contributed by atoms with Crippen molar-refractivity contribution < 1.29 is 28.6 Å². The first-order valence-corrected chi connectivity index (χ1v) is 23.3. The van der Waals surface area contributed by atoms with Crippen LogP contribution < -0.4 is 0 Å². The molecular formula is C52H84O6. The fourth-order valence-electron chi connectivity index (χ4n) is 5.86. The first-order valence-electron chi connectivity index (χ1n) is 23.3. The number of esters is 3. The molecule has 0 heterocycles. The number of allylic oxidation sites excluding steroid dienone is 16. The van der Waals surface area contributed by atoms with Gasteiger partial charge in [0, 0.05) is 19.3 Å². The zero-order chi connectivity index (χ0) is 42.3. The Kier molecular flexibility index (Phi) is 43.1.